The number of fused-ring (bicyclic) bond motifs is 1. The highest BCUT2D eigenvalue weighted by Gasteiger charge is 2.09. The lowest BCUT2D eigenvalue weighted by Crippen LogP contribution is -1.98. The monoisotopic (exact) mass is 260 g/mol. The number of rotatable bonds is 3. The van der Waals surface area contributed by atoms with Gasteiger partial charge in [-0.25, -0.2) is 0 Å². The maximum atomic E-state index is 9.21. The molecule has 0 N–H and O–H groups in total. The van der Waals surface area contributed by atoms with Crippen LogP contribution in [0.1, 0.15) is 11.1 Å². The summed E-state index contributed by atoms with van der Waals surface area (Å²) < 4.78 is 5.86. The molecule has 1 aromatic heterocycles. The number of nitrogens with zero attached hydrogens (tertiary/aromatic N) is 2. The summed E-state index contributed by atoms with van der Waals surface area (Å²) in [5, 5.41) is 10.1. The van der Waals surface area contributed by atoms with Gasteiger partial charge in [-0.05, 0) is 17.7 Å². The molecule has 0 spiro atoms. The quantitative estimate of drug-likeness (QED) is 0.721. The summed E-state index contributed by atoms with van der Waals surface area (Å²) in [6.07, 6.45) is 1.56. The zero-order valence-corrected chi connectivity index (χ0v) is 10.8. The molecule has 96 valence electrons. The van der Waals surface area contributed by atoms with Crippen molar-refractivity contribution in [3.63, 3.8) is 0 Å². The molecule has 2 aromatic carbocycles. The van der Waals surface area contributed by atoms with E-state index in [1.54, 1.807) is 6.20 Å². The van der Waals surface area contributed by atoms with E-state index in [4.69, 9.17) is 4.74 Å². The van der Waals surface area contributed by atoms with Gasteiger partial charge in [0.2, 0.25) is 0 Å². The van der Waals surface area contributed by atoms with E-state index in [2.05, 4.69) is 11.1 Å². The van der Waals surface area contributed by atoms with Crippen molar-refractivity contribution in [3.8, 4) is 11.8 Å². The van der Waals surface area contributed by atoms with Crippen molar-refractivity contribution < 1.29 is 4.74 Å². The van der Waals surface area contributed by atoms with Crippen molar-refractivity contribution in [3.05, 3.63) is 71.9 Å². The average molecular weight is 260 g/mol. The molecule has 0 unspecified atom stereocenters. The molecule has 0 radical (unpaired) electrons. The standard InChI is InChI=1S/C17H12N2O/c18-10-14-11-19-16-9-5-4-8-15(16)17(14)20-12-13-6-2-1-3-7-13/h1-9,11H,12H2. The number of benzene rings is 2. The zero-order chi connectivity index (χ0) is 13.8. The summed E-state index contributed by atoms with van der Waals surface area (Å²) in [6, 6.07) is 19.7. The van der Waals surface area contributed by atoms with Crippen molar-refractivity contribution in [1.82, 2.24) is 4.98 Å². The fourth-order valence-corrected chi connectivity index (χ4v) is 2.08. The smallest absolute Gasteiger partial charge is 0.148 e. The Labute approximate surface area is 117 Å². The summed E-state index contributed by atoms with van der Waals surface area (Å²) in [7, 11) is 0. The van der Waals surface area contributed by atoms with Gasteiger partial charge in [-0.3, -0.25) is 4.98 Å². The van der Waals surface area contributed by atoms with Crippen LogP contribution in [-0.2, 0) is 6.61 Å². The lowest BCUT2D eigenvalue weighted by atomic mass is 10.1. The van der Waals surface area contributed by atoms with Crippen LogP contribution in [0.2, 0.25) is 0 Å². The Hall–Kier alpha value is -2.86. The predicted molar refractivity (Wildman–Crippen MR) is 77.2 cm³/mol. The molecule has 0 aliphatic carbocycles. The summed E-state index contributed by atoms with van der Waals surface area (Å²) in [5.74, 6) is 0.599. The van der Waals surface area contributed by atoms with E-state index >= 15 is 0 Å². The minimum Gasteiger partial charge on any atom is -0.487 e. The number of para-hydroxylation sites is 1. The van der Waals surface area contributed by atoms with E-state index in [1.807, 2.05) is 54.6 Å². The molecule has 0 fully saturated rings. The maximum Gasteiger partial charge on any atom is 0.148 e. The molecule has 0 aliphatic rings. The first-order valence-electron chi connectivity index (χ1n) is 6.33. The topological polar surface area (TPSA) is 45.9 Å². The van der Waals surface area contributed by atoms with E-state index in [0.717, 1.165) is 16.5 Å². The third-order valence-electron chi connectivity index (χ3n) is 3.07. The van der Waals surface area contributed by atoms with Crippen LogP contribution < -0.4 is 4.74 Å². The second kappa shape index (κ2) is 5.41. The van der Waals surface area contributed by atoms with Crippen molar-refractivity contribution >= 4 is 10.9 Å². The van der Waals surface area contributed by atoms with Gasteiger partial charge in [-0.15, -0.1) is 0 Å². The minimum absolute atomic E-state index is 0.434. The van der Waals surface area contributed by atoms with Gasteiger partial charge in [0.1, 0.15) is 24.0 Å². The normalized spacial score (nSPS) is 10.2. The van der Waals surface area contributed by atoms with Crippen LogP contribution in [0.25, 0.3) is 10.9 Å². The highest BCUT2D eigenvalue weighted by atomic mass is 16.5. The lowest BCUT2D eigenvalue weighted by Gasteiger charge is -2.10. The highest BCUT2D eigenvalue weighted by Crippen LogP contribution is 2.28. The van der Waals surface area contributed by atoms with Gasteiger partial charge < -0.3 is 4.74 Å². The molecule has 3 heteroatoms. The van der Waals surface area contributed by atoms with Crippen LogP contribution in [-0.4, -0.2) is 4.98 Å². The SMILES string of the molecule is N#Cc1cnc2ccccc2c1OCc1ccccc1. The number of aromatic nitrogens is 1. The number of hydrogen-bond donors (Lipinski definition) is 0. The van der Waals surface area contributed by atoms with E-state index < -0.39 is 0 Å². The molecule has 3 aromatic rings. The van der Waals surface area contributed by atoms with Gasteiger partial charge in [0.05, 0.1) is 5.52 Å². The Bertz CT molecular complexity index is 776. The van der Waals surface area contributed by atoms with Gasteiger partial charge >= 0.3 is 0 Å². The number of ether oxygens (including phenoxy) is 1. The molecule has 3 nitrogen and oxygen atoms in total. The molecular weight excluding hydrogens is 248 g/mol. The maximum absolute atomic E-state index is 9.21. The summed E-state index contributed by atoms with van der Waals surface area (Å²) in [4.78, 5) is 4.27. The molecule has 0 saturated heterocycles. The minimum atomic E-state index is 0.434. The molecular formula is C17H12N2O. The van der Waals surface area contributed by atoms with Crippen molar-refractivity contribution in [1.29, 1.82) is 5.26 Å². The summed E-state index contributed by atoms with van der Waals surface area (Å²) in [6.45, 7) is 0.434. The Kier molecular flexibility index (Phi) is 3.30. The lowest BCUT2D eigenvalue weighted by molar-refractivity contribution is 0.309. The number of hydrogen-bond acceptors (Lipinski definition) is 3. The van der Waals surface area contributed by atoms with Gasteiger partial charge in [-0.1, -0.05) is 42.5 Å². The number of pyridine rings is 1. The molecule has 0 atom stereocenters. The average Bonchev–Trinajstić information content (AvgIpc) is 2.53. The van der Waals surface area contributed by atoms with Crippen molar-refractivity contribution in [2.75, 3.05) is 0 Å². The fourth-order valence-electron chi connectivity index (χ4n) is 2.08. The second-order valence-electron chi connectivity index (χ2n) is 4.40. The molecule has 3 rings (SSSR count). The van der Waals surface area contributed by atoms with Crippen LogP contribution in [0.4, 0.5) is 0 Å². The van der Waals surface area contributed by atoms with Crippen LogP contribution in [0.3, 0.4) is 0 Å². The van der Waals surface area contributed by atoms with Crippen LogP contribution >= 0.6 is 0 Å². The van der Waals surface area contributed by atoms with E-state index in [0.29, 0.717) is 17.9 Å². The van der Waals surface area contributed by atoms with E-state index in [9.17, 15) is 5.26 Å². The predicted octanol–water partition coefficient (Wildman–Crippen LogP) is 3.69. The van der Waals surface area contributed by atoms with Crippen molar-refractivity contribution in [2.45, 2.75) is 6.61 Å². The van der Waals surface area contributed by atoms with Gasteiger partial charge in [0, 0.05) is 11.6 Å². The van der Waals surface area contributed by atoms with Crippen LogP contribution in [0.15, 0.2) is 60.8 Å². The third-order valence-corrected chi connectivity index (χ3v) is 3.07. The van der Waals surface area contributed by atoms with Gasteiger partial charge in [0.25, 0.3) is 0 Å². The van der Waals surface area contributed by atoms with Gasteiger partial charge in [-0.2, -0.15) is 5.26 Å². The van der Waals surface area contributed by atoms with Crippen LogP contribution in [0, 0.1) is 11.3 Å². The third kappa shape index (κ3) is 2.32. The highest BCUT2D eigenvalue weighted by molar-refractivity contribution is 5.87. The summed E-state index contributed by atoms with van der Waals surface area (Å²) in [5.41, 5.74) is 2.35. The fraction of sp³-hybridized carbons (Fsp3) is 0.0588. The molecule has 20 heavy (non-hydrogen) atoms. The van der Waals surface area contributed by atoms with E-state index in [1.165, 1.54) is 0 Å². The second-order valence-corrected chi connectivity index (χ2v) is 4.40. The van der Waals surface area contributed by atoms with E-state index in [-0.39, 0.29) is 0 Å². The summed E-state index contributed by atoms with van der Waals surface area (Å²) >= 11 is 0. The Morgan fingerprint density at radius 1 is 1.00 bits per heavy atom. The first kappa shape index (κ1) is 12.2. The first-order chi connectivity index (χ1) is 9.88. The molecule has 0 saturated carbocycles. The Balaban J connectivity index is 1.99. The van der Waals surface area contributed by atoms with Gasteiger partial charge in [0.15, 0.2) is 0 Å². The van der Waals surface area contributed by atoms with Crippen molar-refractivity contribution in [2.24, 2.45) is 0 Å². The molecule has 0 bridgehead atoms. The first-order valence-corrected chi connectivity index (χ1v) is 6.33. The zero-order valence-electron chi connectivity index (χ0n) is 10.8. The number of nitriles is 1. The Morgan fingerprint density at radius 2 is 1.75 bits per heavy atom. The Morgan fingerprint density at radius 3 is 2.55 bits per heavy atom. The van der Waals surface area contributed by atoms with Crippen LogP contribution in [0.5, 0.6) is 5.75 Å². The largest absolute Gasteiger partial charge is 0.487 e. The molecule has 0 aliphatic heterocycles. The molecule has 0 amide bonds. The molecule has 1 heterocycles.